The van der Waals surface area contributed by atoms with E-state index in [4.69, 9.17) is 4.74 Å². The van der Waals surface area contributed by atoms with Gasteiger partial charge < -0.3 is 20.7 Å². The SMILES string of the molecule is COc1ccc(C(C)(C)C)cc1NC(=O)CNC(=O)N[C@@H]1CCCC[C@H]1C. The van der Waals surface area contributed by atoms with Crippen LogP contribution in [0.25, 0.3) is 0 Å². The maximum Gasteiger partial charge on any atom is 0.315 e. The molecule has 150 valence electrons. The van der Waals surface area contributed by atoms with E-state index in [0.29, 0.717) is 17.4 Å². The van der Waals surface area contributed by atoms with Gasteiger partial charge in [-0.3, -0.25) is 4.79 Å². The lowest BCUT2D eigenvalue weighted by atomic mass is 9.86. The summed E-state index contributed by atoms with van der Waals surface area (Å²) in [6, 6.07) is 5.65. The van der Waals surface area contributed by atoms with Crippen molar-refractivity contribution in [1.82, 2.24) is 10.6 Å². The van der Waals surface area contributed by atoms with E-state index >= 15 is 0 Å². The molecule has 1 aliphatic rings. The molecule has 27 heavy (non-hydrogen) atoms. The maximum atomic E-state index is 12.3. The first-order chi connectivity index (χ1) is 12.7. The van der Waals surface area contributed by atoms with E-state index in [1.165, 1.54) is 6.42 Å². The van der Waals surface area contributed by atoms with E-state index in [9.17, 15) is 9.59 Å². The summed E-state index contributed by atoms with van der Waals surface area (Å²) < 4.78 is 5.34. The van der Waals surface area contributed by atoms with Crippen molar-refractivity contribution in [3.63, 3.8) is 0 Å². The molecule has 1 aromatic rings. The summed E-state index contributed by atoms with van der Waals surface area (Å²) in [5, 5.41) is 8.47. The van der Waals surface area contributed by atoms with Gasteiger partial charge in [0.15, 0.2) is 0 Å². The Kier molecular flexibility index (Phi) is 7.11. The van der Waals surface area contributed by atoms with Crippen molar-refractivity contribution in [2.45, 2.75) is 64.8 Å². The fourth-order valence-electron chi connectivity index (χ4n) is 3.38. The van der Waals surface area contributed by atoms with Crippen LogP contribution < -0.4 is 20.7 Å². The Morgan fingerprint density at radius 2 is 1.89 bits per heavy atom. The number of carbonyl (C=O) groups is 2. The number of rotatable bonds is 5. The van der Waals surface area contributed by atoms with Crippen molar-refractivity contribution < 1.29 is 14.3 Å². The molecular weight excluding hydrogens is 342 g/mol. The summed E-state index contributed by atoms with van der Waals surface area (Å²) in [4.78, 5) is 24.4. The molecule has 0 unspecified atom stereocenters. The number of ether oxygens (including phenoxy) is 1. The van der Waals surface area contributed by atoms with Crippen LogP contribution >= 0.6 is 0 Å². The highest BCUT2D eigenvalue weighted by Crippen LogP contribution is 2.31. The molecule has 2 atom stereocenters. The molecular formula is C21H33N3O3. The Morgan fingerprint density at radius 1 is 1.19 bits per heavy atom. The van der Waals surface area contributed by atoms with Gasteiger partial charge in [0.05, 0.1) is 19.3 Å². The Morgan fingerprint density at radius 3 is 2.52 bits per heavy atom. The number of urea groups is 1. The molecule has 0 heterocycles. The highest BCUT2D eigenvalue weighted by atomic mass is 16.5. The van der Waals surface area contributed by atoms with Crippen molar-refractivity contribution in [2.75, 3.05) is 19.0 Å². The molecule has 0 spiro atoms. The summed E-state index contributed by atoms with van der Waals surface area (Å²) >= 11 is 0. The molecule has 0 aromatic heterocycles. The lowest BCUT2D eigenvalue weighted by Gasteiger charge is -2.29. The summed E-state index contributed by atoms with van der Waals surface area (Å²) in [5.41, 5.74) is 1.66. The van der Waals surface area contributed by atoms with Gasteiger partial charge in [0.25, 0.3) is 0 Å². The molecule has 0 bridgehead atoms. The molecule has 3 amide bonds. The Hall–Kier alpha value is -2.24. The van der Waals surface area contributed by atoms with Crippen LogP contribution in [-0.4, -0.2) is 31.6 Å². The zero-order valence-corrected chi connectivity index (χ0v) is 17.1. The minimum Gasteiger partial charge on any atom is -0.495 e. The fraction of sp³-hybridized carbons (Fsp3) is 0.619. The number of hydrogen-bond acceptors (Lipinski definition) is 3. The molecule has 1 aliphatic carbocycles. The van der Waals surface area contributed by atoms with Gasteiger partial charge in [0.2, 0.25) is 5.91 Å². The molecule has 1 fully saturated rings. The van der Waals surface area contributed by atoms with E-state index in [-0.39, 0.29) is 29.9 Å². The highest BCUT2D eigenvalue weighted by Gasteiger charge is 2.23. The van der Waals surface area contributed by atoms with Crippen molar-refractivity contribution in [1.29, 1.82) is 0 Å². The number of anilines is 1. The van der Waals surface area contributed by atoms with Gasteiger partial charge in [-0.15, -0.1) is 0 Å². The molecule has 6 heteroatoms. The van der Waals surface area contributed by atoms with Gasteiger partial charge in [-0.25, -0.2) is 4.79 Å². The lowest BCUT2D eigenvalue weighted by Crippen LogP contribution is -2.47. The molecule has 1 saturated carbocycles. The van der Waals surface area contributed by atoms with Crippen LogP contribution in [-0.2, 0) is 10.2 Å². The van der Waals surface area contributed by atoms with Gasteiger partial charge in [-0.1, -0.05) is 46.6 Å². The molecule has 6 nitrogen and oxygen atoms in total. The quantitative estimate of drug-likeness (QED) is 0.732. The number of methoxy groups -OCH3 is 1. The van der Waals surface area contributed by atoms with Crippen molar-refractivity contribution in [3.8, 4) is 5.75 Å². The summed E-state index contributed by atoms with van der Waals surface area (Å²) in [6.45, 7) is 8.40. The van der Waals surface area contributed by atoms with E-state index in [0.717, 1.165) is 24.8 Å². The van der Waals surface area contributed by atoms with Gasteiger partial charge in [-0.05, 0) is 41.9 Å². The average molecular weight is 376 g/mol. The molecule has 1 aromatic carbocycles. The van der Waals surface area contributed by atoms with Crippen molar-refractivity contribution >= 4 is 17.6 Å². The van der Waals surface area contributed by atoms with Crippen LogP contribution in [0, 0.1) is 5.92 Å². The number of nitrogens with one attached hydrogen (secondary N) is 3. The minimum absolute atomic E-state index is 0.0411. The van der Waals surface area contributed by atoms with Crippen LogP contribution in [0.5, 0.6) is 5.75 Å². The van der Waals surface area contributed by atoms with Crippen LogP contribution in [0.2, 0.25) is 0 Å². The predicted octanol–water partition coefficient (Wildman–Crippen LogP) is 3.81. The molecule has 0 aliphatic heterocycles. The first kappa shape index (κ1) is 21.1. The summed E-state index contributed by atoms with van der Waals surface area (Å²) in [7, 11) is 1.57. The average Bonchev–Trinajstić information content (AvgIpc) is 2.61. The van der Waals surface area contributed by atoms with Gasteiger partial charge in [0.1, 0.15) is 5.75 Å². The van der Waals surface area contributed by atoms with Gasteiger partial charge in [0, 0.05) is 6.04 Å². The molecule has 0 radical (unpaired) electrons. The van der Waals surface area contributed by atoms with Crippen molar-refractivity contribution in [2.24, 2.45) is 5.92 Å². The highest BCUT2D eigenvalue weighted by molar-refractivity contribution is 5.95. The van der Waals surface area contributed by atoms with Crippen LogP contribution in [0.15, 0.2) is 18.2 Å². The largest absolute Gasteiger partial charge is 0.495 e. The topological polar surface area (TPSA) is 79.5 Å². The number of amides is 3. The van der Waals surface area contributed by atoms with Gasteiger partial charge in [-0.2, -0.15) is 0 Å². The predicted molar refractivity (Wildman–Crippen MR) is 108 cm³/mol. The van der Waals surface area contributed by atoms with E-state index < -0.39 is 0 Å². The molecule has 3 N–H and O–H groups in total. The second kappa shape index (κ2) is 9.11. The first-order valence-electron chi connectivity index (χ1n) is 9.73. The number of benzene rings is 1. The minimum atomic E-state index is -0.292. The third-order valence-electron chi connectivity index (χ3n) is 5.18. The van der Waals surface area contributed by atoms with Gasteiger partial charge >= 0.3 is 6.03 Å². The normalized spacial score (nSPS) is 19.9. The third kappa shape index (κ3) is 6.15. The van der Waals surface area contributed by atoms with Crippen LogP contribution in [0.4, 0.5) is 10.5 Å². The van der Waals surface area contributed by atoms with E-state index in [2.05, 4.69) is 43.6 Å². The first-order valence-corrected chi connectivity index (χ1v) is 9.73. The molecule has 0 saturated heterocycles. The summed E-state index contributed by atoms with van der Waals surface area (Å²) in [6.07, 6.45) is 4.49. The standard InChI is InChI=1S/C21H33N3O3/c1-14-8-6-7-9-16(14)24-20(26)22-13-19(25)23-17-12-15(21(2,3)4)10-11-18(17)27-5/h10-12,14,16H,6-9,13H2,1-5H3,(H,23,25)(H2,22,24,26)/t14-,16-/m1/s1. The second-order valence-corrected chi connectivity index (χ2v) is 8.41. The van der Waals surface area contributed by atoms with Crippen LogP contribution in [0.3, 0.4) is 0 Å². The second-order valence-electron chi connectivity index (χ2n) is 8.41. The molecule has 2 rings (SSSR count). The number of hydrogen-bond donors (Lipinski definition) is 3. The zero-order chi connectivity index (χ0) is 20.0. The maximum absolute atomic E-state index is 12.3. The van der Waals surface area contributed by atoms with E-state index in [1.54, 1.807) is 7.11 Å². The van der Waals surface area contributed by atoms with Crippen molar-refractivity contribution in [3.05, 3.63) is 23.8 Å². The summed E-state index contributed by atoms with van der Waals surface area (Å²) in [5.74, 6) is 0.783. The van der Waals surface area contributed by atoms with E-state index in [1.807, 2.05) is 18.2 Å². The monoisotopic (exact) mass is 375 g/mol. The third-order valence-corrected chi connectivity index (χ3v) is 5.18. The lowest BCUT2D eigenvalue weighted by molar-refractivity contribution is -0.115. The smallest absolute Gasteiger partial charge is 0.315 e. The van der Waals surface area contributed by atoms with Crippen LogP contribution in [0.1, 0.15) is 58.9 Å². The zero-order valence-electron chi connectivity index (χ0n) is 17.1. The number of carbonyl (C=O) groups excluding carboxylic acids is 2. The fourth-order valence-corrected chi connectivity index (χ4v) is 3.38. The Bertz CT molecular complexity index is 667. The Labute approximate surface area is 162 Å². The Balaban J connectivity index is 1.90.